The van der Waals surface area contributed by atoms with Gasteiger partial charge in [0.1, 0.15) is 0 Å². The first kappa shape index (κ1) is 17.7. The molecule has 0 bridgehead atoms. The number of aliphatic hydroxyl groups is 1. The van der Waals surface area contributed by atoms with Gasteiger partial charge in [-0.2, -0.15) is 9.97 Å². The Kier molecular flexibility index (Phi) is 4.94. The molecule has 3 aromatic rings. The molecule has 0 spiro atoms. The van der Waals surface area contributed by atoms with Crippen LogP contribution in [0.3, 0.4) is 0 Å². The van der Waals surface area contributed by atoms with Gasteiger partial charge in [0.2, 0.25) is 5.95 Å². The van der Waals surface area contributed by atoms with Crippen LogP contribution in [0, 0.1) is 0 Å². The summed E-state index contributed by atoms with van der Waals surface area (Å²) < 4.78 is 2.06. The molecule has 7 heteroatoms. The lowest BCUT2D eigenvalue weighted by Gasteiger charge is -2.26. The molecule has 0 radical (unpaired) electrons. The molecule has 4 rings (SSSR count). The summed E-state index contributed by atoms with van der Waals surface area (Å²) in [7, 11) is 0. The Bertz CT molecular complexity index is 899. The van der Waals surface area contributed by atoms with E-state index in [0.29, 0.717) is 11.8 Å². The zero-order valence-corrected chi connectivity index (χ0v) is 15.8. The van der Waals surface area contributed by atoms with Crippen LogP contribution in [0.5, 0.6) is 0 Å². The second kappa shape index (κ2) is 7.52. The number of para-hydroxylation sites is 1. The number of anilines is 3. The zero-order chi connectivity index (χ0) is 18.8. The molecule has 0 unspecified atom stereocenters. The van der Waals surface area contributed by atoms with Gasteiger partial charge in [0.25, 0.3) is 0 Å². The maximum absolute atomic E-state index is 9.73. The fraction of sp³-hybridized carbons (Fsp3) is 0.450. The van der Waals surface area contributed by atoms with E-state index in [4.69, 9.17) is 9.97 Å². The molecule has 1 aliphatic carbocycles. The van der Waals surface area contributed by atoms with E-state index in [1.54, 1.807) is 0 Å². The van der Waals surface area contributed by atoms with Crippen LogP contribution in [0.25, 0.3) is 11.2 Å². The van der Waals surface area contributed by atoms with Gasteiger partial charge < -0.3 is 20.3 Å². The maximum Gasteiger partial charge on any atom is 0.227 e. The number of benzene rings is 1. The van der Waals surface area contributed by atoms with Crippen LogP contribution < -0.4 is 10.6 Å². The number of hydrogen-bond donors (Lipinski definition) is 3. The molecule has 7 nitrogen and oxygen atoms in total. The van der Waals surface area contributed by atoms with Crippen molar-refractivity contribution >= 4 is 28.6 Å². The molecular weight excluding hydrogens is 340 g/mol. The van der Waals surface area contributed by atoms with Crippen molar-refractivity contribution in [3.05, 3.63) is 36.7 Å². The van der Waals surface area contributed by atoms with Gasteiger partial charge in [-0.3, -0.25) is 0 Å². The van der Waals surface area contributed by atoms with Crippen molar-refractivity contribution in [1.82, 2.24) is 19.5 Å². The minimum absolute atomic E-state index is 0.177. The predicted octanol–water partition coefficient (Wildman–Crippen LogP) is 3.87. The van der Waals surface area contributed by atoms with Gasteiger partial charge in [-0.1, -0.05) is 18.2 Å². The van der Waals surface area contributed by atoms with Crippen LogP contribution in [-0.2, 0) is 0 Å². The smallest absolute Gasteiger partial charge is 0.227 e. The summed E-state index contributed by atoms with van der Waals surface area (Å²) in [5.74, 6) is 1.30. The Balaban J connectivity index is 1.69. The molecule has 27 heavy (non-hydrogen) atoms. The van der Waals surface area contributed by atoms with E-state index >= 15 is 0 Å². The number of nitrogens with zero attached hydrogens (tertiary/aromatic N) is 4. The highest BCUT2D eigenvalue weighted by atomic mass is 16.3. The van der Waals surface area contributed by atoms with E-state index in [9.17, 15) is 5.11 Å². The van der Waals surface area contributed by atoms with Crippen molar-refractivity contribution in [2.75, 3.05) is 10.6 Å². The van der Waals surface area contributed by atoms with Gasteiger partial charge in [0.15, 0.2) is 17.0 Å². The summed E-state index contributed by atoms with van der Waals surface area (Å²) in [6.45, 7) is 4.23. The van der Waals surface area contributed by atoms with Gasteiger partial charge in [-0.25, -0.2) is 4.98 Å². The van der Waals surface area contributed by atoms with Crippen molar-refractivity contribution in [3.63, 3.8) is 0 Å². The third-order valence-corrected chi connectivity index (χ3v) is 5.04. The molecule has 2 heterocycles. The summed E-state index contributed by atoms with van der Waals surface area (Å²) in [4.78, 5) is 14.0. The number of imidazole rings is 1. The van der Waals surface area contributed by atoms with Crippen LogP contribution in [-0.4, -0.2) is 36.8 Å². The number of aromatic nitrogens is 4. The lowest BCUT2D eigenvalue weighted by atomic mass is 9.93. The fourth-order valence-electron chi connectivity index (χ4n) is 3.51. The first-order valence-electron chi connectivity index (χ1n) is 9.61. The van der Waals surface area contributed by atoms with Gasteiger partial charge in [0, 0.05) is 17.8 Å². The molecule has 2 aromatic heterocycles. The van der Waals surface area contributed by atoms with Gasteiger partial charge in [-0.15, -0.1) is 0 Å². The van der Waals surface area contributed by atoms with E-state index in [1.807, 2.05) is 36.7 Å². The largest absolute Gasteiger partial charge is 0.393 e. The maximum atomic E-state index is 9.73. The Morgan fingerprint density at radius 3 is 2.52 bits per heavy atom. The summed E-state index contributed by atoms with van der Waals surface area (Å²) in [5, 5.41) is 16.6. The molecule has 1 saturated carbocycles. The first-order chi connectivity index (χ1) is 13.1. The average molecular weight is 366 g/mol. The van der Waals surface area contributed by atoms with E-state index in [2.05, 4.69) is 34.0 Å². The van der Waals surface area contributed by atoms with E-state index in [0.717, 1.165) is 42.5 Å². The molecule has 3 N–H and O–H groups in total. The van der Waals surface area contributed by atoms with Crippen LogP contribution in [0.15, 0.2) is 36.7 Å². The Morgan fingerprint density at radius 2 is 1.81 bits per heavy atom. The molecule has 142 valence electrons. The molecular formula is C20H26N6O. The second-order valence-corrected chi connectivity index (χ2v) is 7.45. The van der Waals surface area contributed by atoms with Gasteiger partial charge in [0.05, 0.1) is 12.4 Å². The Hall–Kier alpha value is -2.67. The van der Waals surface area contributed by atoms with Gasteiger partial charge in [-0.05, 0) is 51.7 Å². The highest BCUT2D eigenvalue weighted by Gasteiger charge is 2.21. The Morgan fingerprint density at radius 1 is 1.07 bits per heavy atom. The van der Waals surface area contributed by atoms with Gasteiger partial charge >= 0.3 is 0 Å². The molecule has 0 saturated heterocycles. The van der Waals surface area contributed by atoms with Crippen LogP contribution >= 0.6 is 0 Å². The summed E-state index contributed by atoms with van der Waals surface area (Å²) in [6.07, 6.45) is 5.13. The lowest BCUT2D eigenvalue weighted by Crippen LogP contribution is -2.29. The minimum Gasteiger partial charge on any atom is -0.393 e. The number of fused-ring (bicyclic) bond motifs is 1. The molecule has 1 fully saturated rings. The van der Waals surface area contributed by atoms with Crippen molar-refractivity contribution < 1.29 is 5.11 Å². The summed E-state index contributed by atoms with van der Waals surface area (Å²) in [5.41, 5.74) is 2.54. The molecule has 0 aliphatic heterocycles. The molecule has 1 aliphatic rings. The summed E-state index contributed by atoms with van der Waals surface area (Å²) >= 11 is 0. The third kappa shape index (κ3) is 3.88. The predicted molar refractivity (Wildman–Crippen MR) is 107 cm³/mol. The third-order valence-electron chi connectivity index (χ3n) is 5.04. The Labute approximate surface area is 158 Å². The normalized spacial score (nSPS) is 20.1. The zero-order valence-electron chi connectivity index (χ0n) is 15.8. The van der Waals surface area contributed by atoms with Crippen LogP contribution in [0.4, 0.5) is 17.5 Å². The molecule has 0 amide bonds. The standard InChI is InChI=1S/C20H26N6O/c1-13(2)26-12-21-17-18(22-14-6-4-3-5-7-14)24-20(25-19(17)26)23-15-8-10-16(27)11-9-15/h3-7,12-13,15-16,27H,8-11H2,1-2H3,(H2,22,23,24,25). The first-order valence-corrected chi connectivity index (χ1v) is 9.61. The fourth-order valence-corrected chi connectivity index (χ4v) is 3.51. The summed E-state index contributed by atoms with van der Waals surface area (Å²) in [6, 6.07) is 10.5. The van der Waals surface area contributed by atoms with Crippen LogP contribution in [0.1, 0.15) is 45.6 Å². The molecule has 0 atom stereocenters. The average Bonchev–Trinajstić information content (AvgIpc) is 3.09. The van der Waals surface area contributed by atoms with E-state index < -0.39 is 0 Å². The van der Waals surface area contributed by atoms with Crippen molar-refractivity contribution in [2.45, 2.75) is 57.7 Å². The van der Waals surface area contributed by atoms with E-state index in [1.165, 1.54) is 0 Å². The second-order valence-electron chi connectivity index (χ2n) is 7.45. The van der Waals surface area contributed by atoms with Crippen LogP contribution in [0.2, 0.25) is 0 Å². The van der Waals surface area contributed by atoms with E-state index in [-0.39, 0.29) is 18.2 Å². The highest BCUT2D eigenvalue weighted by Crippen LogP contribution is 2.27. The number of aliphatic hydroxyl groups excluding tert-OH is 1. The minimum atomic E-state index is -0.177. The number of rotatable bonds is 5. The number of nitrogens with one attached hydrogen (secondary N) is 2. The van der Waals surface area contributed by atoms with Crippen molar-refractivity contribution in [1.29, 1.82) is 0 Å². The van der Waals surface area contributed by atoms with Crippen molar-refractivity contribution in [3.8, 4) is 0 Å². The molecule has 1 aromatic carbocycles. The van der Waals surface area contributed by atoms with Crippen molar-refractivity contribution in [2.24, 2.45) is 0 Å². The topological polar surface area (TPSA) is 87.9 Å². The SMILES string of the molecule is CC(C)n1cnc2c(Nc3ccccc3)nc(NC3CCC(O)CC3)nc21. The lowest BCUT2D eigenvalue weighted by molar-refractivity contribution is 0.126. The quantitative estimate of drug-likeness (QED) is 0.635. The highest BCUT2D eigenvalue weighted by molar-refractivity contribution is 5.86. The number of hydrogen-bond acceptors (Lipinski definition) is 6. The monoisotopic (exact) mass is 366 g/mol.